The van der Waals surface area contributed by atoms with Crippen molar-refractivity contribution in [2.45, 2.75) is 37.5 Å². The molecule has 0 aromatic heterocycles. The highest BCUT2D eigenvalue weighted by Gasteiger charge is 2.45. The summed E-state index contributed by atoms with van der Waals surface area (Å²) in [5.41, 5.74) is 11.1. The van der Waals surface area contributed by atoms with E-state index in [2.05, 4.69) is 4.79 Å². The van der Waals surface area contributed by atoms with E-state index >= 15 is 0 Å². The number of hydrogen-bond donors (Lipinski definition) is 0. The van der Waals surface area contributed by atoms with Gasteiger partial charge in [-0.25, -0.2) is 16.8 Å². The molecular formula is C17H18N2O4S2. The van der Waals surface area contributed by atoms with Crippen molar-refractivity contribution in [3.63, 3.8) is 0 Å². The second-order valence-electron chi connectivity index (χ2n) is 5.79. The molecule has 0 N–H and O–H groups in total. The van der Waals surface area contributed by atoms with Crippen LogP contribution in [0.25, 0.3) is 5.53 Å². The molecule has 2 aromatic carbocycles. The summed E-state index contributed by atoms with van der Waals surface area (Å²) < 4.78 is 50.4. The summed E-state index contributed by atoms with van der Waals surface area (Å²) in [5.74, 6) is 0. The van der Waals surface area contributed by atoms with Gasteiger partial charge in [-0.15, -0.1) is 4.79 Å². The maximum absolute atomic E-state index is 13.0. The lowest BCUT2D eigenvalue weighted by Crippen LogP contribution is -2.28. The topological polar surface area (TPSA) is 105 Å². The molecule has 2 aromatic rings. The maximum Gasteiger partial charge on any atom is 0.504 e. The van der Waals surface area contributed by atoms with Crippen molar-refractivity contribution in [2.24, 2.45) is 0 Å². The monoisotopic (exact) mass is 378 g/mol. The summed E-state index contributed by atoms with van der Waals surface area (Å²) in [6, 6.07) is 9.26. The molecule has 0 aliphatic carbocycles. The van der Waals surface area contributed by atoms with Gasteiger partial charge in [0.1, 0.15) is 0 Å². The van der Waals surface area contributed by atoms with E-state index in [9.17, 15) is 22.4 Å². The van der Waals surface area contributed by atoms with Gasteiger partial charge in [-0.2, -0.15) is 0 Å². The first-order chi connectivity index (χ1) is 11.5. The molecule has 0 radical (unpaired) electrons. The lowest BCUT2D eigenvalue weighted by atomic mass is 10.1. The molecule has 8 heteroatoms. The van der Waals surface area contributed by atoms with Crippen molar-refractivity contribution in [3.8, 4) is 0 Å². The molecule has 0 bridgehead atoms. The summed E-state index contributed by atoms with van der Waals surface area (Å²) in [6.07, 6.45) is 0. The van der Waals surface area contributed by atoms with Crippen LogP contribution in [0.1, 0.15) is 22.3 Å². The van der Waals surface area contributed by atoms with Crippen LogP contribution < -0.4 is 0 Å². The predicted molar refractivity (Wildman–Crippen MR) is 94.8 cm³/mol. The van der Waals surface area contributed by atoms with Crippen molar-refractivity contribution in [1.29, 1.82) is 0 Å². The first-order valence-corrected chi connectivity index (χ1v) is 10.4. The molecule has 0 unspecified atom stereocenters. The number of rotatable bonds is 2. The smallest absolute Gasteiger partial charge is 0.359 e. The highest BCUT2D eigenvalue weighted by molar-refractivity contribution is 8.31. The fourth-order valence-electron chi connectivity index (χ4n) is 2.63. The first-order valence-electron chi connectivity index (χ1n) is 7.39. The third-order valence-corrected chi connectivity index (χ3v) is 8.67. The van der Waals surface area contributed by atoms with Crippen molar-refractivity contribution in [1.82, 2.24) is 0 Å². The lowest BCUT2D eigenvalue weighted by molar-refractivity contribution is 0.00379. The molecule has 2 rings (SSSR count). The van der Waals surface area contributed by atoms with Crippen molar-refractivity contribution >= 4 is 24.1 Å². The van der Waals surface area contributed by atoms with E-state index < -0.39 is 24.1 Å². The average molecular weight is 378 g/mol. The Morgan fingerprint density at radius 2 is 1.36 bits per heavy atom. The molecule has 0 spiro atoms. The third kappa shape index (κ3) is 3.16. The molecule has 25 heavy (non-hydrogen) atoms. The number of benzene rings is 2. The van der Waals surface area contributed by atoms with Gasteiger partial charge in [-0.05, 0) is 56.0 Å². The van der Waals surface area contributed by atoms with Gasteiger partial charge in [0.05, 0.1) is 9.79 Å². The summed E-state index contributed by atoms with van der Waals surface area (Å²) in [6.45, 7) is 6.41. The molecule has 0 fully saturated rings. The molecule has 0 amide bonds. The number of sulfone groups is 2. The Labute approximate surface area is 147 Å². The minimum atomic E-state index is -4.55. The summed E-state index contributed by atoms with van der Waals surface area (Å²) in [4.78, 5) is 2.31. The van der Waals surface area contributed by atoms with Gasteiger partial charge < -0.3 is 5.53 Å². The Kier molecular flexibility index (Phi) is 4.99. The molecule has 0 saturated carbocycles. The van der Waals surface area contributed by atoms with E-state index in [4.69, 9.17) is 0 Å². The van der Waals surface area contributed by atoms with E-state index in [-0.39, 0.29) is 9.79 Å². The second-order valence-corrected chi connectivity index (χ2v) is 9.69. The van der Waals surface area contributed by atoms with Crippen molar-refractivity contribution in [2.75, 3.05) is 0 Å². The van der Waals surface area contributed by atoms with Crippen LogP contribution in [0.4, 0.5) is 0 Å². The quantitative estimate of drug-likeness (QED) is 0.347. The van der Waals surface area contributed by atoms with Crippen molar-refractivity contribution < 1.29 is 21.6 Å². The summed E-state index contributed by atoms with van der Waals surface area (Å²) in [5, 5.41) is 0. The molecular weight excluding hydrogens is 360 g/mol. The standard InChI is InChI=1S/C17H18N2O4S2/c1-11-9-10-13(3)16(14(11)4)25(22,23)17(19-18)24(20,21)15-8-6-5-7-12(15)2/h5-10H,1-4H3. The van der Waals surface area contributed by atoms with E-state index in [0.29, 0.717) is 22.3 Å². The lowest BCUT2D eigenvalue weighted by Gasteiger charge is -2.11. The third-order valence-electron chi connectivity index (χ3n) is 4.07. The minimum Gasteiger partial charge on any atom is -0.359 e. The Balaban J connectivity index is 2.82. The normalized spacial score (nSPS) is 11.8. The van der Waals surface area contributed by atoms with E-state index in [1.165, 1.54) is 25.1 Å². The van der Waals surface area contributed by atoms with E-state index in [1.54, 1.807) is 39.0 Å². The molecule has 0 aliphatic heterocycles. The zero-order valence-electron chi connectivity index (χ0n) is 14.3. The fraction of sp³-hybridized carbons (Fsp3) is 0.235. The van der Waals surface area contributed by atoms with Crippen LogP contribution in [0.15, 0.2) is 46.2 Å². The van der Waals surface area contributed by atoms with E-state index in [1.807, 2.05) is 0 Å². The maximum atomic E-state index is 13.0. The Morgan fingerprint density at radius 3 is 1.92 bits per heavy atom. The largest absolute Gasteiger partial charge is 0.504 e. The van der Waals surface area contributed by atoms with Crippen LogP contribution >= 0.6 is 0 Å². The highest BCUT2D eigenvalue weighted by atomic mass is 32.3. The van der Waals surface area contributed by atoms with Gasteiger partial charge in [0, 0.05) is 0 Å². The van der Waals surface area contributed by atoms with Gasteiger partial charge in [0.25, 0.3) is 19.7 Å². The summed E-state index contributed by atoms with van der Waals surface area (Å²) >= 11 is 0. The zero-order chi connectivity index (χ0) is 19.0. The van der Waals surface area contributed by atoms with Gasteiger partial charge in [0.15, 0.2) is 0 Å². The molecule has 132 valence electrons. The van der Waals surface area contributed by atoms with Gasteiger partial charge in [-0.1, -0.05) is 30.3 Å². The van der Waals surface area contributed by atoms with Gasteiger partial charge in [-0.3, -0.25) is 0 Å². The van der Waals surface area contributed by atoms with Crippen LogP contribution in [0.2, 0.25) is 0 Å². The van der Waals surface area contributed by atoms with Crippen molar-refractivity contribution in [3.05, 3.63) is 64.2 Å². The van der Waals surface area contributed by atoms with Crippen LogP contribution in [0.3, 0.4) is 0 Å². The number of hydrogen-bond acceptors (Lipinski definition) is 4. The van der Waals surface area contributed by atoms with E-state index in [0.717, 1.165) is 0 Å². The first kappa shape index (κ1) is 19.1. The molecule has 0 saturated heterocycles. The average Bonchev–Trinajstić information content (AvgIpc) is 2.51. The van der Waals surface area contributed by atoms with Gasteiger partial charge in [0.2, 0.25) is 0 Å². The van der Waals surface area contributed by atoms with Gasteiger partial charge >= 0.3 is 4.38 Å². The van der Waals surface area contributed by atoms with Crippen LogP contribution in [-0.4, -0.2) is 26.0 Å². The zero-order valence-corrected chi connectivity index (χ0v) is 15.9. The Hall–Kier alpha value is -2.28. The minimum absolute atomic E-state index is 0.155. The predicted octanol–water partition coefficient (Wildman–Crippen LogP) is 2.75. The Bertz CT molecular complexity index is 1110. The van der Waals surface area contributed by atoms with Crippen LogP contribution in [0.5, 0.6) is 0 Å². The number of aryl methyl sites for hydroxylation is 3. The molecule has 0 aliphatic rings. The Morgan fingerprint density at radius 1 is 0.800 bits per heavy atom. The SMILES string of the molecule is Cc1ccccc1S(=O)(=O)C(=[N+]=[N-])S(=O)(=O)c1c(C)ccc(C)c1C. The molecule has 0 heterocycles. The van der Waals surface area contributed by atoms with Crippen LogP contribution in [-0.2, 0) is 19.7 Å². The van der Waals surface area contributed by atoms with Crippen LogP contribution in [0, 0.1) is 27.7 Å². The molecule has 6 nitrogen and oxygen atoms in total. The molecule has 0 atom stereocenters. The number of nitrogens with zero attached hydrogens (tertiary/aromatic N) is 2. The highest BCUT2D eigenvalue weighted by Crippen LogP contribution is 2.28. The summed E-state index contributed by atoms with van der Waals surface area (Å²) in [7, 11) is -9.07. The second kappa shape index (κ2) is 6.55. The fourth-order valence-corrected chi connectivity index (χ4v) is 6.69.